The number of rotatable bonds is 8. The molecule has 34 heavy (non-hydrogen) atoms. The maximum atomic E-state index is 13.8. The molecule has 0 amide bonds. The number of carbonyl (C=O) groups is 1. The van der Waals surface area contributed by atoms with Gasteiger partial charge in [-0.05, 0) is 0 Å². The molecular weight excluding hydrogens is 487 g/mol. The van der Waals surface area contributed by atoms with Gasteiger partial charge in [-0.15, -0.1) is 0 Å². The Morgan fingerprint density at radius 1 is 1.12 bits per heavy atom. The fraction of sp³-hybridized carbons (Fsp3) is 0.429. The standard InChI is InChI=1S/C28H33AsN2O3/c1-7-29(8-2)11-12-33-23-15-21-20(14-24(23)34-17(3)4)26(32)25-19-10-9-18(16-30)13-22(19)31-27(25)28(21,5)6/h9-10,13-15,17,31H,7-8,11-12H2,1-6H3. The molecule has 4 rings (SSSR count). The molecule has 3 aromatic rings. The van der Waals surface area contributed by atoms with Gasteiger partial charge in [-0.25, -0.2) is 0 Å². The molecule has 1 aromatic heterocycles. The first kappa shape index (κ1) is 24.4. The quantitative estimate of drug-likeness (QED) is 0.339. The Balaban J connectivity index is 1.81. The van der Waals surface area contributed by atoms with Gasteiger partial charge in [0.15, 0.2) is 0 Å². The van der Waals surface area contributed by atoms with Crippen LogP contribution in [-0.2, 0) is 5.41 Å². The van der Waals surface area contributed by atoms with Gasteiger partial charge in [-0.3, -0.25) is 0 Å². The number of fused-ring (bicyclic) bond motifs is 4. The Hall–Kier alpha value is -2.70. The van der Waals surface area contributed by atoms with Gasteiger partial charge < -0.3 is 0 Å². The summed E-state index contributed by atoms with van der Waals surface area (Å²) in [5.74, 6) is 1.31. The molecular formula is C28H33AsN2O3. The third-order valence-corrected chi connectivity index (χ3v) is 12.2. The summed E-state index contributed by atoms with van der Waals surface area (Å²) in [5.41, 5.74) is 4.08. The van der Waals surface area contributed by atoms with Crippen LogP contribution >= 0.6 is 0 Å². The summed E-state index contributed by atoms with van der Waals surface area (Å²) < 4.78 is 12.4. The van der Waals surface area contributed by atoms with Crippen LogP contribution in [0, 0.1) is 11.3 Å². The Labute approximate surface area is 206 Å². The molecule has 0 aliphatic heterocycles. The normalized spacial score (nSPS) is 14.3. The zero-order chi connectivity index (χ0) is 24.6. The summed E-state index contributed by atoms with van der Waals surface area (Å²) in [5, 5.41) is 13.9. The number of hydrogen-bond donors (Lipinski definition) is 1. The molecule has 0 saturated carbocycles. The van der Waals surface area contributed by atoms with Crippen molar-refractivity contribution in [3.63, 3.8) is 0 Å². The summed E-state index contributed by atoms with van der Waals surface area (Å²) in [6, 6.07) is 11.5. The second-order valence-corrected chi connectivity index (χ2v) is 16.0. The summed E-state index contributed by atoms with van der Waals surface area (Å²) >= 11 is -0.825. The van der Waals surface area contributed by atoms with Crippen molar-refractivity contribution in [2.75, 3.05) is 6.61 Å². The number of hydrogen-bond acceptors (Lipinski definition) is 4. The predicted molar refractivity (Wildman–Crippen MR) is 138 cm³/mol. The first-order valence-corrected chi connectivity index (χ1v) is 16.0. The molecule has 178 valence electrons. The molecule has 0 fully saturated rings. The number of nitriles is 1. The van der Waals surface area contributed by atoms with E-state index in [0.29, 0.717) is 34.8 Å². The van der Waals surface area contributed by atoms with Crippen LogP contribution in [0.2, 0.25) is 15.6 Å². The number of ether oxygens (including phenoxy) is 2. The molecule has 0 saturated heterocycles. The molecule has 1 heterocycles. The minimum atomic E-state index is -0.825. The van der Waals surface area contributed by atoms with Gasteiger partial charge in [-0.1, -0.05) is 0 Å². The van der Waals surface area contributed by atoms with E-state index in [-0.39, 0.29) is 11.9 Å². The van der Waals surface area contributed by atoms with E-state index in [1.807, 2.05) is 38.1 Å². The van der Waals surface area contributed by atoms with Crippen molar-refractivity contribution in [1.82, 2.24) is 4.98 Å². The Bertz CT molecular complexity index is 1280. The Morgan fingerprint density at radius 2 is 1.85 bits per heavy atom. The Morgan fingerprint density at radius 3 is 2.50 bits per heavy atom. The number of aromatic nitrogens is 1. The van der Waals surface area contributed by atoms with Gasteiger partial charge in [0.05, 0.1) is 6.07 Å². The van der Waals surface area contributed by atoms with Crippen LogP contribution in [0.15, 0.2) is 30.3 Å². The minimum absolute atomic E-state index is 0.0229. The molecule has 2 aromatic carbocycles. The molecule has 1 aliphatic carbocycles. The van der Waals surface area contributed by atoms with Crippen LogP contribution in [0.4, 0.5) is 0 Å². The molecule has 6 heteroatoms. The van der Waals surface area contributed by atoms with Crippen LogP contribution < -0.4 is 9.47 Å². The second-order valence-electron chi connectivity index (χ2n) is 9.59. The number of nitrogens with zero attached hydrogens (tertiary/aromatic N) is 1. The van der Waals surface area contributed by atoms with Gasteiger partial charge in [0.25, 0.3) is 0 Å². The van der Waals surface area contributed by atoms with E-state index in [9.17, 15) is 10.1 Å². The summed E-state index contributed by atoms with van der Waals surface area (Å²) in [4.78, 5) is 17.2. The fourth-order valence-electron chi connectivity index (χ4n) is 4.79. The number of carbonyl (C=O) groups excluding carboxylic acids is 1. The van der Waals surface area contributed by atoms with Crippen molar-refractivity contribution in [1.29, 1.82) is 5.26 Å². The molecule has 0 bridgehead atoms. The Kier molecular flexibility index (Phi) is 6.83. The van der Waals surface area contributed by atoms with Crippen LogP contribution in [0.1, 0.15) is 74.3 Å². The second kappa shape index (κ2) is 9.51. The van der Waals surface area contributed by atoms with E-state index >= 15 is 0 Å². The third kappa shape index (κ3) is 4.25. The van der Waals surface area contributed by atoms with Crippen LogP contribution in [0.3, 0.4) is 0 Å². The van der Waals surface area contributed by atoms with Crippen molar-refractivity contribution in [3.05, 3.63) is 58.3 Å². The SMILES string of the molecule is CC[As](CC)CCOc1cc2c(cc1OC(C)C)C(=O)c1c([nH]c3cc(C#N)ccc13)C2(C)C. The number of benzene rings is 2. The van der Waals surface area contributed by atoms with E-state index in [4.69, 9.17) is 9.47 Å². The topological polar surface area (TPSA) is 75.1 Å². The van der Waals surface area contributed by atoms with Gasteiger partial charge >= 0.3 is 196 Å². The molecule has 0 spiro atoms. The van der Waals surface area contributed by atoms with E-state index in [1.165, 1.54) is 10.4 Å². The van der Waals surface area contributed by atoms with Crippen LogP contribution in [0.5, 0.6) is 11.5 Å². The third-order valence-electron chi connectivity index (χ3n) is 6.70. The molecule has 5 nitrogen and oxygen atoms in total. The summed E-state index contributed by atoms with van der Waals surface area (Å²) in [6.45, 7) is 13.5. The number of H-pyrrole nitrogens is 1. The molecule has 0 atom stereocenters. The van der Waals surface area contributed by atoms with Crippen molar-refractivity contribution < 1.29 is 14.3 Å². The molecule has 1 aliphatic rings. The monoisotopic (exact) mass is 520 g/mol. The first-order valence-electron chi connectivity index (χ1n) is 12.0. The molecule has 1 N–H and O–H groups in total. The number of ketones is 1. The van der Waals surface area contributed by atoms with Crippen LogP contribution in [0.25, 0.3) is 10.9 Å². The summed E-state index contributed by atoms with van der Waals surface area (Å²) in [6.07, 6.45) is -0.0333. The van der Waals surface area contributed by atoms with E-state index in [2.05, 4.69) is 38.7 Å². The van der Waals surface area contributed by atoms with E-state index < -0.39 is 20.1 Å². The maximum absolute atomic E-state index is 13.8. The van der Waals surface area contributed by atoms with Gasteiger partial charge in [-0.2, -0.15) is 5.26 Å². The first-order chi connectivity index (χ1) is 16.2. The van der Waals surface area contributed by atoms with Crippen molar-refractivity contribution in [2.24, 2.45) is 0 Å². The van der Waals surface area contributed by atoms with Gasteiger partial charge in [0.2, 0.25) is 0 Å². The van der Waals surface area contributed by atoms with Gasteiger partial charge in [0.1, 0.15) is 0 Å². The van der Waals surface area contributed by atoms with E-state index in [0.717, 1.165) is 27.4 Å². The van der Waals surface area contributed by atoms with Crippen molar-refractivity contribution >= 4 is 31.3 Å². The van der Waals surface area contributed by atoms with Gasteiger partial charge in [0, 0.05) is 0 Å². The molecule has 0 unspecified atom stereocenters. The zero-order valence-electron chi connectivity index (χ0n) is 20.9. The van der Waals surface area contributed by atoms with Crippen LogP contribution in [-0.4, -0.2) is 38.1 Å². The fourth-order valence-corrected chi connectivity index (χ4v) is 7.79. The summed E-state index contributed by atoms with van der Waals surface area (Å²) in [7, 11) is 0. The average molecular weight is 521 g/mol. The predicted octanol–water partition coefficient (Wildman–Crippen LogP) is 6.61. The van der Waals surface area contributed by atoms with E-state index in [1.54, 1.807) is 6.07 Å². The molecule has 0 radical (unpaired) electrons. The average Bonchev–Trinajstić information content (AvgIpc) is 3.20. The number of aromatic amines is 1. The van der Waals surface area contributed by atoms with Crippen molar-refractivity contribution in [3.8, 4) is 17.6 Å². The van der Waals surface area contributed by atoms with Crippen molar-refractivity contribution in [2.45, 2.75) is 68.7 Å². The zero-order valence-corrected chi connectivity index (χ0v) is 22.8. The number of nitrogens with one attached hydrogen (secondary N) is 1.